The topological polar surface area (TPSA) is 83.5 Å². The Morgan fingerprint density at radius 3 is 2.14 bits per heavy atom. The first-order valence-electron chi connectivity index (χ1n) is 7.10. The number of nitrogens with one attached hydrogen (secondary N) is 1. The van der Waals surface area contributed by atoms with E-state index < -0.39 is 21.5 Å². The molecule has 0 heterocycles. The Labute approximate surface area is 126 Å². The number of aromatic carboxylic acids is 1. The number of rotatable bonds is 7. The fourth-order valence-corrected chi connectivity index (χ4v) is 4.33. The van der Waals surface area contributed by atoms with Gasteiger partial charge >= 0.3 is 5.97 Å². The van der Waals surface area contributed by atoms with Gasteiger partial charge in [-0.05, 0) is 43.9 Å². The van der Waals surface area contributed by atoms with Gasteiger partial charge in [-0.15, -0.1) is 0 Å². The van der Waals surface area contributed by atoms with Gasteiger partial charge < -0.3 is 5.11 Å². The maximum Gasteiger partial charge on any atom is 0.335 e. The van der Waals surface area contributed by atoms with Crippen LogP contribution in [-0.2, 0) is 10.0 Å². The second-order valence-electron chi connectivity index (χ2n) is 5.18. The molecule has 0 aliphatic rings. The lowest BCUT2D eigenvalue weighted by atomic mass is 9.91. The Kier molecular flexibility index (Phi) is 5.53. The van der Waals surface area contributed by atoms with Gasteiger partial charge in [0.25, 0.3) is 0 Å². The van der Waals surface area contributed by atoms with E-state index in [2.05, 4.69) is 4.72 Å². The van der Waals surface area contributed by atoms with Gasteiger partial charge in [0.15, 0.2) is 0 Å². The molecule has 0 aliphatic carbocycles. The van der Waals surface area contributed by atoms with Crippen LogP contribution in [0.3, 0.4) is 0 Å². The zero-order valence-corrected chi connectivity index (χ0v) is 13.8. The molecule has 21 heavy (non-hydrogen) atoms. The number of hydrogen-bond donors (Lipinski definition) is 2. The van der Waals surface area contributed by atoms with Crippen LogP contribution in [-0.4, -0.2) is 25.0 Å². The number of sulfonamides is 1. The number of hydrogen-bond acceptors (Lipinski definition) is 3. The number of carboxylic acid groups (broad SMARTS) is 1. The summed E-state index contributed by atoms with van der Waals surface area (Å²) in [4.78, 5) is 11.2. The molecule has 0 aromatic heterocycles. The van der Waals surface area contributed by atoms with Gasteiger partial charge in [-0.3, -0.25) is 0 Å². The summed E-state index contributed by atoms with van der Waals surface area (Å²) in [6, 6.07) is 4.30. The highest BCUT2D eigenvalue weighted by Crippen LogP contribution is 2.25. The summed E-state index contributed by atoms with van der Waals surface area (Å²) in [6.45, 7) is 7.34. The summed E-state index contributed by atoms with van der Waals surface area (Å²) in [6.07, 6.45) is 2.03. The summed E-state index contributed by atoms with van der Waals surface area (Å²) < 4.78 is 28.0. The first kappa shape index (κ1) is 17.7. The molecule has 0 radical (unpaired) electrons. The Hall–Kier alpha value is -1.40. The third-order valence-corrected chi connectivity index (χ3v) is 5.91. The predicted octanol–water partition coefficient (Wildman–Crippen LogP) is 2.94. The molecule has 0 aliphatic heterocycles. The van der Waals surface area contributed by atoms with Crippen LogP contribution in [0.15, 0.2) is 23.1 Å². The number of carboxylic acids is 1. The van der Waals surface area contributed by atoms with Crippen LogP contribution < -0.4 is 4.72 Å². The summed E-state index contributed by atoms with van der Waals surface area (Å²) in [5.41, 5.74) is -0.229. The van der Waals surface area contributed by atoms with Crippen LogP contribution >= 0.6 is 0 Å². The molecule has 0 amide bonds. The Bertz CT molecular complexity index is 610. The third-order valence-electron chi connectivity index (χ3n) is 4.19. The first-order chi connectivity index (χ1) is 9.73. The van der Waals surface area contributed by atoms with E-state index in [4.69, 9.17) is 5.11 Å². The maximum atomic E-state index is 12.6. The van der Waals surface area contributed by atoms with Crippen molar-refractivity contribution < 1.29 is 18.3 Å². The lowest BCUT2D eigenvalue weighted by molar-refractivity contribution is 0.0696. The van der Waals surface area contributed by atoms with E-state index in [1.54, 1.807) is 0 Å². The zero-order valence-electron chi connectivity index (χ0n) is 12.9. The fourth-order valence-electron chi connectivity index (χ4n) is 2.44. The molecule has 0 fully saturated rings. The SMILES string of the molecule is CCC(CC)(CC)NS(=O)(=O)c1cccc(C(=O)O)c1C. The molecular formula is C15H23NO4S. The highest BCUT2D eigenvalue weighted by Gasteiger charge is 2.31. The van der Waals surface area contributed by atoms with E-state index in [-0.39, 0.29) is 16.0 Å². The fraction of sp³-hybridized carbons (Fsp3) is 0.533. The van der Waals surface area contributed by atoms with Crippen molar-refractivity contribution in [1.82, 2.24) is 4.72 Å². The molecule has 6 heteroatoms. The summed E-state index contributed by atoms with van der Waals surface area (Å²) in [5, 5.41) is 9.11. The van der Waals surface area contributed by atoms with Gasteiger partial charge in [-0.1, -0.05) is 26.8 Å². The van der Waals surface area contributed by atoms with Crippen LogP contribution in [0.4, 0.5) is 0 Å². The van der Waals surface area contributed by atoms with Gasteiger partial charge in [0.2, 0.25) is 10.0 Å². The van der Waals surface area contributed by atoms with Gasteiger partial charge in [0.1, 0.15) is 0 Å². The normalized spacial score (nSPS) is 12.4. The van der Waals surface area contributed by atoms with Crippen molar-refractivity contribution in [2.75, 3.05) is 0 Å². The van der Waals surface area contributed by atoms with Crippen molar-refractivity contribution >= 4 is 16.0 Å². The van der Waals surface area contributed by atoms with Crippen LogP contribution in [0, 0.1) is 6.92 Å². The van der Waals surface area contributed by atoms with Crippen molar-refractivity contribution in [2.45, 2.75) is 57.4 Å². The molecule has 5 nitrogen and oxygen atoms in total. The molecule has 0 unspecified atom stereocenters. The van der Waals surface area contributed by atoms with Crippen LogP contribution in [0.25, 0.3) is 0 Å². The minimum Gasteiger partial charge on any atom is -0.478 e. The minimum atomic E-state index is -3.75. The molecule has 0 saturated carbocycles. The van der Waals surface area contributed by atoms with E-state index in [1.165, 1.54) is 25.1 Å². The maximum absolute atomic E-state index is 12.6. The number of carbonyl (C=O) groups is 1. The largest absolute Gasteiger partial charge is 0.478 e. The highest BCUT2D eigenvalue weighted by molar-refractivity contribution is 7.89. The lowest BCUT2D eigenvalue weighted by Gasteiger charge is -2.31. The average molecular weight is 313 g/mol. The highest BCUT2D eigenvalue weighted by atomic mass is 32.2. The molecule has 1 aromatic rings. The van der Waals surface area contributed by atoms with Crippen molar-refractivity contribution in [1.29, 1.82) is 0 Å². The first-order valence-corrected chi connectivity index (χ1v) is 8.58. The third kappa shape index (κ3) is 3.63. The van der Waals surface area contributed by atoms with E-state index in [9.17, 15) is 13.2 Å². The number of benzene rings is 1. The standard InChI is InChI=1S/C15H23NO4S/c1-5-15(6-2,7-3)16-21(19,20)13-10-8-9-12(11(13)4)14(17)18/h8-10,16H,5-7H2,1-4H3,(H,17,18). The van der Waals surface area contributed by atoms with Crippen molar-refractivity contribution in [2.24, 2.45) is 0 Å². The van der Waals surface area contributed by atoms with Gasteiger partial charge in [0, 0.05) is 5.54 Å². The van der Waals surface area contributed by atoms with Crippen molar-refractivity contribution in [3.05, 3.63) is 29.3 Å². The Morgan fingerprint density at radius 1 is 1.19 bits per heavy atom. The average Bonchev–Trinajstić information content (AvgIpc) is 2.44. The lowest BCUT2D eigenvalue weighted by Crippen LogP contribution is -2.47. The van der Waals surface area contributed by atoms with E-state index in [0.717, 1.165) is 0 Å². The second-order valence-corrected chi connectivity index (χ2v) is 6.83. The van der Waals surface area contributed by atoms with E-state index in [1.807, 2.05) is 20.8 Å². The van der Waals surface area contributed by atoms with Gasteiger partial charge in [0.05, 0.1) is 10.5 Å². The predicted molar refractivity (Wildman–Crippen MR) is 82.1 cm³/mol. The van der Waals surface area contributed by atoms with Crippen molar-refractivity contribution in [3.8, 4) is 0 Å². The van der Waals surface area contributed by atoms with Gasteiger partial charge in [-0.25, -0.2) is 17.9 Å². The monoisotopic (exact) mass is 313 g/mol. The summed E-state index contributed by atoms with van der Waals surface area (Å²) >= 11 is 0. The molecule has 2 N–H and O–H groups in total. The smallest absolute Gasteiger partial charge is 0.335 e. The summed E-state index contributed by atoms with van der Waals surface area (Å²) in [5.74, 6) is -1.13. The van der Waals surface area contributed by atoms with Crippen LogP contribution in [0.2, 0.25) is 0 Å². The molecule has 1 aromatic carbocycles. The molecule has 0 saturated heterocycles. The molecule has 118 valence electrons. The zero-order chi connectivity index (χ0) is 16.3. The van der Waals surface area contributed by atoms with E-state index >= 15 is 0 Å². The molecule has 1 rings (SSSR count). The second kappa shape index (κ2) is 6.58. The molecular weight excluding hydrogens is 290 g/mol. The molecule has 0 spiro atoms. The Morgan fingerprint density at radius 2 is 1.71 bits per heavy atom. The van der Waals surface area contributed by atoms with Crippen molar-refractivity contribution in [3.63, 3.8) is 0 Å². The quantitative estimate of drug-likeness (QED) is 0.810. The minimum absolute atomic E-state index is 0.00738. The summed E-state index contributed by atoms with van der Waals surface area (Å²) in [7, 11) is -3.75. The van der Waals surface area contributed by atoms with Crippen LogP contribution in [0.1, 0.15) is 56.0 Å². The van der Waals surface area contributed by atoms with Crippen LogP contribution in [0.5, 0.6) is 0 Å². The molecule has 0 bridgehead atoms. The molecule has 0 atom stereocenters. The van der Waals surface area contributed by atoms with Gasteiger partial charge in [-0.2, -0.15) is 0 Å². The van der Waals surface area contributed by atoms with E-state index in [0.29, 0.717) is 19.3 Å². The Balaban J connectivity index is 3.33.